The first kappa shape index (κ1) is 12.5. The van der Waals surface area contributed by atoms with Crippen LogP contribution in [0.15, 0.2) is 48.7 Å². The predicted octanol–water partition coefficient (Wildman–Crippen LogP) is 3.72. The number of allylic oxidation sites excluding steroid dienone is 5. The van der Waals surface area contributed by atoms with E-state index in [1.807, 2.05) is 0 Å². The van der Waals surface area contributed by atoms with Crippen LogP contribution in [-0.2, 0) is 4.74 Å². The fraction of sp³-hybridized carbons (Fsp3) is 0.200. The molecule has 0 N–H and O–H groups in total. The van der Waals surface area contributed by atoms with Gasteiger partial charge in [-0.05, 0) is 12.2 Å². The molecule has 1 rings (SSSR count). The van der Waals surface area contributed by atoms with Gasteiger partial charge >= 0.3 is 11.8 Å². The summed E-state index contributed by atoms with van der Waals surface area (Å²) in [5.41, 5.74) is 0. The second-order valence-electron chi connectivity index (χ2n) is 2.90. The first-order valence-corrected chi connectivity index (χ1v) is 4.08. The lowest BCUT2D eigenvalue weighted by Crippen LogP contribution is -2.53. The summed E-state index contributed by atoms with van der Waals surface area (Å²) in [6.45, 7) is 6.42. The molecule has 0 spiro atoms. The SMILES string of the molecule is C=C/C=C(\C=C)OC1=C(F)C(F)(F)C1(F)F. The Kier molecular flexibility index (Phi) is 2.94. The summed E-state index contributed by atoms with van der Waals surface area (Å²) in [7, 11) is 0. The van der Waals surface area contributed by atoms with Crippen LogP contribution in [0.1, 0.15) is 0 Å². The van der Waals surface area contributed by atoms with Crippen LogP contribution in [0, 0.1) is 0 Å². The molecule has 0 amide bonds. The quantitative estimate of drug-likeness (QED) is 0.412. The van der Waals surface area contributed by atoms with Crippen molar-refractivity contribution in [2.24, 2.45) is 0 Å². The average Bonchev–Trinajstić information content (AvgIpc) is 2.22. The molecule has 88 valence electrons. The molecular weight excluding hydrogens is 231 g/mol. The topological polar surface area (TPSA) is 9.23 Å². The van der Waals surface area contributed by atoms with Crippen molar-refractivity contribution in [3.05, 3.63) is 48.7 Å². The maximum atomic E-state index is 12.7. The molecule has 0 aromatic rings. The Morgan fingerprint density at radius 1 is 1.12 bits per heavy atom. The molecule has 6 heteroatoms. The minimum absolute atomic E-state index is 0.296. The van der Waals surface area contributed by atoms with Crippen molar-refractivity contribution in [2.75, 3.05) is 0 Å². The Morgan fingerprint density at radius 2 is 1.69 bits per heavy atom. The molecule has 0 heterocycles. The highest BCUT2D eigenvalue weighted by molar-refractivity contribution is 5.37. The zero-order chi connectivity index (χ0) is 12.6. The van der Waals surface area contributed by atoms with E-state index in [2.05, 4.69) is 17.9 Å². The standard InChI is InChI=1S/C10H7F5O/c1-3-5-6(4-2)16-8-7(11)9(12,13)10(8,14)15/h3-5H,1-2H2/b6-5+. The number of ether oxygens (including phenoxy) is 1. The average molecular weight is 238 g/mol. The Balaban J connectivity index is 3.01. The smallest absolute Gasteiger partial charge is 0.376 e. The molecule has 0 fully saturated rings. The molecule has 0 aromatic heterocycles. The van der Waals surface area contributed by atoms with Crippen molar-refractivity contribution in [1.29, 1.82) is 0 Å². The van der Waals surface area contributed by atoms with E-state index in [-0.39, 0.29) is 5.76 Å². The Hall–Kier alpha value is -1.59. The van der Waals surface area contributed by atoms with Crippen molar-refractivity contribution in [3.8, 4) is 0 Å². The summed E-state index contributed by atoms with van der Waals surface area (Å²) < 4.78 is 67.1. The normalized spacial score (nSPS) is 22.4. The van der Waals surface area contributed by atoms with Gasteiger partial charge in [0.15, 0.2) is 0 Å². The summed E-state index contributed by atoms with van der Waals surface area (Å²) in [5, 5.41) is 0. The van der Waals surface area contributed by atoms with E-state index in [0.29, 0.717) is 0 Å². The molecule has 0 saturated carbocycles. The number of hydrogen-bond donors (Lipinski definition) is 0. The Bertz CT molecular complexity index is 392. The Labute approximate surface area is 88.2 Å². The predicted molar refractivity (Wildman–Crippen MR) is 47.6 cm³/mol. The molecule has 0 aliphatic heterocycles. The van der Waals surface area contributed by atoms with Crippen molar-refractivity contribution < 1.29 is 26.7 Å². The van der Waals surface area contributed by atoms with Gasteiger partial charge in [-0.2, -0.15) is 17.6 Å². The van der Waals surface area contributed by atoms with Crippen molar-refractivity contribution in [1.82, 2.24) is 0 Å². The zero-order valence-electron chi connectivity index (χ0n) is 7.94. The summed E-state index contributed by atoms with van der Waals surface area (Å²) >= 11 is 0. The van der Waals surface area contributed by atoms with Gasteiger partial charge < -0.3 is 4.74 Å². The van der Waals surface area contributed by atoms with Crippen molar-refractivity contribution >= 4 is 0 Å². The van der Waals surface area contributed by atoms with Crippen molar-refractivity contribution in [2.45, 2.75) is 11.8 Å². The van der Waals surface area contributed by atoms with Gasteiger partial charge in [-0.15, -0.1) is 0 Å². The summed E-state index contributed by atoms with van der Waals surface area (Å²) in [6.07, 6.45) is 3.21. The molecule has 16 heavy (non-hydrogen) atoms. The van der Waals surface area contributed by atoms with Gasteiger partial charge in [-0.1, -0.05) is 19.2 Å². The number of halogens is 5. The summed E-state index contributed by atoms with van der Waals surface area (Å²) in [6, 6.07) is 0. The molecule has 0 radical (unpaired) electrons. The van der Waals surface area contributed by atoms with Crippen LogP contribution in [0.25, 0.3) is 0 Å². The van der Waals surface area contributed by atoms with Gasteiger partial charge in [-0.3, -0.25) is 0 Å². The molecule has 1 nitrogen and oxygen atoms in total. The second-order valence-corrected chi connectivity index (χ2v) is 2.90. The Morgan fingerprint density at radius 3 is 2.06 bits per heavy atom. The van der Waals surface area contributed by atoms with Gasteiger partial charge in [0.1, 0.15) is 5.76 Å². The van der Waals surface area contributed by atoms with Crippen molar-refractivity contribution in [3.63, 3.8) is 0 Å². The van der Waals surface area contributed by atoms with Crippen LogP contribution in [0.2, 0.25) is 0 Å². The van der Waals surface area contributed by atoms with Crippen LogP contribution in [-0.4, -0.2) is 11.8 Å². The van der Waals surface area contributed by atoms with Crippen LogP contribution in [0.3, 0.4) is 0 Å². The van der Waals surface area contributed by atoms with E-state index in [1.54, 1.807) is 0 Å². The van der Waals surface area contributed by atoms with Crippen LogP contribution in [0.5, 0.6) is 0 Å². The highest BCUT2D eigenvalue weighted by atomic mass is 19.3. The molecule has 0 saturated heterocycles. The highest BCUT2D eigenvalue weighted by Crippen LogP contribution is 2.56. The van der Waals surface area contributed by atoms with E-state index < -0.39 is 23.4 Å². The number of alkyl halides is 4. The minimum Gasteiger partial charge on any atom is -0.452 e. The molecule has 0 bridgehead atoms. The van der Waals surface area contributed by atoms with E-state index in [4.69, 9.17) is 0 Å². The summed E-state index contributed by atoms with van der Waals surface area (Å²) in [4.78, 5) is 0. The molecular formula is C10H7F5O. The van der Waals surface area contributed by atoms with E-state index in [1.165, 1.54) is 0 Å². The maximum Gasteiger partial charge on any atom is 0.376 e. The van der Waals surface area contributed by atoms with Crippen LogP contribution >= 0.6 is 0 Å². The molecule has 1 aliphatic rings. The molecule has 0 aromatic carbocycles. The minimum atomic E-state index is -4.80. The zero-order valence-corrected chi connectivity index (χ0v) is 7.94. The first-order valence-electron chi connectivity index (χ1n) is 4.08. The highest BCUT2D eigenvalue weighted by Gasteiger charge is 2.75. The summed E-state index contributed by atoms with van der Waals surface area (Å²) in [5.74, 6) is -13.7. The molecule has 0 atom stereocenters. The second kappa shape index (κ2) is 3.77. The van der Waals surface area contributed by atoms with Gasteiger partial charge in [0.2, 0.25) is 11.6 Å². The van der Waals surface area contributed by atoms with E-state index in [0.717, 1.165) is 18.2 Å². The van der Waals surface area contributed by atoms with Crippen LogP contribution in [0.4, 0.5) is 22.0 Å². The first-order chi connectivity index (χ1) is 7.29. The third-order valence-corrected chi connectivity index (χ3v) is 1.86. The maximum absolute atomic E-state index is 12.7. The third-order valence-electron chi connectivity index (χ3n) is 1.86. The lowest BCUT2D eigenvalue weighted by atomic mass is 9.96. The number of hydrogen-bond acceptors (Lipinski definition) is 1. The van der Waals surface area contributed by atoms with Gasteiger partial charge in [0.05, 0.1) is 0 Å². The lowest BCUT2D eigenvalue weighted by Gasteiger charge is -2.35. The fourth-order valence-electron chi connectivity index (χ4n) is 0.985. The van der Waals surface area contributed by atoms with Gasteiger partial charge in [-0.25, -0.2) is 4.39 Å². The largest absolute Gasteiger partial charge is 0.452 e. The lowest BCUT2D eigenvalue weighted by molar-refractivity contribution is -0.227. The fourth-order valence-corrected chi connectivity index (χ4v) is 0.985. The number of rotatable bonds is 4. The van der Waals surface area contributed by atoms with E-state index in [9.17, 15) is 22.0 Å². The van der Waals surface area contributed by atoms with Gasteiger partial charge in [0, 0.05) is 0 Å². The van der Waals surface area contributed by atoms with Gasteiger partial charge in [0.25, 0.3) is 0 Å². The third kappa shape index (κ3) is 1.54. The molecule has 0 unspecified atom stereocenters. The van der Waals surface area contributed by atoms with E-state index >= 15 is 0 Å². The van der Waals surface area contributed by atoms with Crippen LogP contribution < -0.4 is 0 Å². The molecule has 1 aliphatic carbocycles. The monoisotopic (exact) mass is 238 g/mol.